The van der Waals surface area contributed by atoms with Gasteiger partial charge in [0, 0.05) is 28.9 Å². The number of rotatable bonds is 6. The topological polar surface area (TPSA) is 62.6 Å². The van der Waals surface area contributed by atoms with E-state index in [1.807, 2.05) is 26.1 Å². The average molecular weight is 361 g/mol. The third kappa shape index (κ3) is 5.31. The SMILES string of the molecule is CNC(=O)c1ccc(C[NH+](C)[C@H](C)C(=O)Nc2ccc(Cl)cc2)cc1. The molecule has 0 bridgehead atoms. The first-order valence-corrected chi connectivity index (χ1v) is 8.48. The Morgan fingerprint density at radius 3 is 2.24 bits per heavy atom. The Morgan fingerprint density at radius 1 is 1.08 bits per heavy atom. The Kier molecular flexibility index (Phi) is 6.56. The summed E-state index contributed by atoms with van der Waals surface area (Å²) in [6, 6.07) is 14.2. The number of carbonyl (C=O) groups is 2. The van der Waals surface area contributed by atoms with Crippen LogP contribution in [0.15, 0.2) is 48.5 Å². The normalized spacial score (nSPS) is 13.0. The van der Waals surface area contributed by atoms with E-state index in [9.17, 15) is 9.59 Å². The smallest absolute Gasteiger partial charge is 0.282 e. The van der Waals surface area contributed by atoms with E-state index in [2.05, 4.69) is 10.6 Å². The highest BCUT2D eigenvalue weighted by molar-refractivity contribution is 6.30. The molecule has 0 saturated carbocycles. The number of anilines is 1. The summed E-state index contributed by atoms with van der Waals surface area (Å²) >= 11 is 5.85. The van der Waals surface area contributed by atoms with Gasteiger partial charge in [0.1, 0.15) is 6.54 Å². The van der Waals surface area contributed by atoms with Crippen molar-refractivity contribution in [3.8, 4) is 0 Å². The molecule has 5 nitrogen and oxygen atoms in total. The molecule has 2 aromatic rings. The molecule has 2 amide bonds. The van der Waals surface area contributed by atoms with Crippen LogP contribution in [0, 0.1) is 0 Å². The molecule has 132 valence electrons. The number of benzene rings is 2. The number of hydrogen-bond donors (Lipinski definition) is 3. The molecule has 0 aliphatic carbocycles. The Labute approximate surface area is 153 Å². The van der Waals surface area contributed by atoms with Crippen LogP contribution >= 0.6 is 11.6 Å². The lowest BCUT2D eigenvalue weighted by Crippen LogP contribution is -3.12. The molecule has 6 heteroatoms. The predicted octanol–water partition coefficient (Wildman–Crippen LogP) is 1.74. The lowest BCUT2D eigenvalue weighted by Gasteiger charge is -2.21. The number of amides is 2. The maximum absolute atomic E-state index is 12.4. The van der Waals surface area contributed by atoms with Crippen molar-refractivity contribution in [3.05, 3.63) is 64.7 Å². The second-order valence-corrected chi connectivity index (χ2v) is 6.45. The fourth-order valence-electron chi connectivity index (χ4n) is 2.40. The molecule has 0 aromatic heterocycles. The van der Waals surface area contributed by atoms with Crippen molar-refractivity contribution in [3.63, 3.8) is 0 Å². The second kappa shape index (κ2) is 8.65. The molecule has 0 saturated heterocycles. The van der Waals surface area contributed by atoms with Crippen LogP contribution in [0.1, 0.15) is 22.8 Å². The fraction of sp³-hybridized carbons (Fsp3) is 0.263. The van der Waals surface area contributed by atoms with Crippen LogP contribution in [0.25, 0.3) is 0 Å². The predicted molar refractivity (Wildman–Crippen MR) is 100.0 cm³/mol. The molecule has 3 N–H and O–H groups in total. The number of hydrogen-bond acceptors (Lipinski definition) is 2. The van der Waals surface area contributed by atoms with Gasteiger partial charge >= 0.3 is 0 Å². The van der Waals surface area contributed by atoms with Gasteiger partial charge in [0.05, 0.1) is 7.05 Å². The lowest BCUT2D eigenvalue weighted by atomic mass is 10.1. The maximum atomic E-state index is 12.4. The minimum absolute atomic E-state index is 0.0539. The van der Waals surface area contributed by atoms with Crippen molar-refractivity contribution in [2.45, 2.75) is 19.5 Å². The largest absolute Gasteiger partial charge is 0.355 e. The molecule has 2 atom stereocenters. The van der Waals surface area contributed by atoms with Crippen LogP contribution in [0.3, 0.4) is 0 Å². The summed E-state index contributed by atoms with van der Waals surface area (Å²) < 4.78 is 0. The molecule has 0 heterocycles. The Bertz CT molecular complexity index is 729. The monoisotopic (exact) mass is 360 g/mol. The second-order valence-electron chi connectivity index (χ2n) is 6.02. The van der Waals surface area contributed by atoms with Crippen molar-refractivity contribution < 1.29 is 14.5 Å². The molecule has 1 unspecified atom stereocenters. The van der Waals surface area contributed by atoms with Crippen LogP contribution < -0.4 is 15.5 Å². The van der Waals surface area contributed by atoms with E-state index in [-0.39, 0.29) is 17.9 Å². The molecule has 0 radical (unpaired) electrons. The fourth-order valence-corrected chi connectivity index (χ4v) is 2.53. The van der Waals surface area contributed by atoms with Crippen molar-refractivity contribution >= 4 is 29.1 Å². The molecular weight excluding hydrogens is 338 g/mol. The zero-order chi connectivity index (χ0) is 18.4. The number of nitrogens with one attached hydrogen (secondary N) is 3. The number of halogens is 1. The van der Waals surface area contributed by atoms with Gasteiger partial charge in [0.15, 0.2) is 6.04 Å². The van der Waals surface area contributed by atoms with Gasteiger partial charge in [-0.05, 0) is 43.3 Å². The molecule has 0 aliphatic rings. The number of quaternary nitrogens is 1. The van der Waals surface area contributed by atoms with Gasteiger partial charge in [-0.15, -0.1) is 0 Å². The number of carbonyl (C=O) groups excluding carboxylic acids is 2. The van der Waals surface area contributed by atoms with E-state index in [4.69, 9.17) is 11.6 Å². The van der Waals surface area contributed by atoms with E-state index >= 15 is 0 Å². The van der Waals surface area contributed by atoms with E-state index in [0.717, 1.165) is 16.2 Å². The lowest BCUT2D eigenvalue weighted by molar-refractivity contribution is -0.907. The maximum Gasteiger partial charge on any atom is 0.282 e. The molecule has 0 fully saturated rings. The van der Waals surface area contributed by atoms with Crippen molar-refractivity contribution in [1.82, 2.24) is 5.32 Å². The summed E-state index contributed by atoms with van der Waals surface area (Å²) in [5, 5.41) is 6.13. The number of likely N-dealkylation sites (N-methyl/N-ethyl adjacent to an activating group) is 1. The molecule has 2 aromatic carbocycles. The van der Waals surface area contributed by atoms with Crippen LogP contribution in [0.2, 0.25) is 5.02 Å². The first-order chi connectivity index (χ1) is 11.9. The summed E-state index contributed by atoms with van der Waals surface area (Å²) in [6.07, 6.45) is 0. The van der Waals surface area contributed by atoms with E-state index in [0.29, 0.717) is 17.1 Å². The third-order valence-electron chi connectivity index (χ3n) is 4.17. The van der Waals surface area contributed by atoms with Gasteiger partial charge in [-0.3, -0.25) is 9.59 Å². The Morgan fingerprint density at radius 2 is 1.68 bits per heavy atom. The first-order valence-electron chi connectivity index (χ1n) is 8.10. The minimum atomic E-state index is -0.228. The zero-order valence-corrected chi connectivity index (χ0v) is 15.4. The average Bonchev–Trinajstić information content (AvgIpc) is 2.62. The highest BCUT2D eigenvalue weighted by Crippen LogP contribution is 2.13. The van der Waals surface area contributed by atoms with Crippen LogP contribution in [0.5, 0.6) is 0 Å². The van der Waals surface area contributed by atoms with Crippen molar-refractivity contribution in [2.75, 3.05) is 19.4 Å². The Balaban J connectivity index is 1.94. The van der Waals surface area contributed by atoms with Gasteiger partial charge in [-0.1, -0.05) is 23.7 Å². The van der Waals surface area contributed by atoms with Crippen molar-refractivity contribution in [2.24, 2.45) is 0 Å². The molecular formula is C19H23ClN3O2+. The molecule has 0 spiro atoms. The van der Waals surface area contributed by atoms with Gasteiger partial charge < -0.3 is 15.5 Å². The summed E-state index contributed by atoms with van der Waals surface area (Å²) in [5.74, 6) is -0.162. The summed E-state index contributed by atoms with van der Waals surface area (Å²) in [6.45, 7) is 2.57. The van der Waals surface area contributed by atoms with Crippen LogP contribution in [-0.4, -0.2) is 32.0 Å². The van der Waals surface area contributed by atoms with E-state index < -0.39 is 0 Å². The summed E-state index contributed by atoms with van der Waals surface area (Å²) in [7, 11) is 3.58. The van der Waals surface area contributed by atoms with Crippen LogP contribution in [0.4, 0.5) is 5.69 Å². The minimum Gasteiger partial charge on any atom is -0.355 e. The van der Waals surface area contributed by atoms with Gasteiger partial charge in [0.2, 0.25) is 0 Å². The van der Waals surface area contributed by atoms with Gasteiger partial charge in [-0.2, -0.15) is 0 Å². The molecule has 2 rings (SSSR count). The standard InChI is InChI=1S/C19H22ClN3O2/c1-13(18(24)22-17-10-8-16(20)9-11-17)23(3)12-14-4-6-15(7-5-14)19(25)21-2/h4-11,13H,12H2,1-3H3,(H,21,25)(H,22,24)/p+1/t13-/m1/s1. The highest BCUT2D eigenvalue weighted by atomic mass is 35.5. The highest BCUT2D eigenvalue weighted by Gasteiger charge is 2.22. The van der Waals surface area contributed by atoms with Crippen molar-refractivity contribution in [1.29, 1.82) is 0 Å². The van der Waals surface area contributed by atoms with E-state index in [1.165, 1.54) is 0 Å². The molecule has 0 aliphatic heterocycles. The van der Waals surface area contributed by atoms with Gasteiger partial charge in [0.25, 0.3) is 11.8 Å². The Hall–Kier alpha value is -2.37. The zero-order valence-electron chi connectivity index (χ0n) is 14.6. The van der Waals surface area contributed by atoms with E-state index in [1.54, 1.807) is 43.4 Å². The third-order valence-corrected chi connectivity index (χ3v) is 4.42. The quantitative estimate of drug-likeness (QED) is 0.734. The molecule has 25 heavy (non-hydrogen) atoms. The van der Waals surface area contributed by atoms with Gasteiger partial charge in [-0.25, -0.2) is 0 Å². The first kappa shape index (κ1) is 19.0. The summed E-state index contributed by atoms with van der Waals surface area (Å²) in [5.41, 5.74) is 2.41. The van der Waals surface area contributed by atoms with Crippen LogP contribution in [-0.2, 0) is 11.3 Å². The summed E-state index contributed by atoms with van der Waals surface area (Å²) in [4.78, 5) is 25.0.